The van der Waals surface area contributed by atoms with E-state index in [9.17, 15) is 13.5 Å². The van der Waals surface area contributed by atoms with E-state index < -0.39 is 9.84 Å². The summed E-state index contributed by atoms with van der Waals surface area (Å²) in [7, 11) is -0.653. The molecule has 0 aromatic rings. The van der Waals surface area contributed by atoms with Crippen molar-refractivity contribution in [3.05, 3.63) is 0 Å². The lowest BCUT2D eigenvalue weighted by atomic mass is 9.69. The minimum atomic E-state index is -2.74. The first-order valence-corrected chi connectivity index (χ1v) is 8.77. The van der Waals surface area contributed by atoms with Gasteiger partial charge in [0.25, 0.3) is 0 Å². The third-order valence-electron chi connectivity index (χ3n) is 4.60. The highest BCUT2D eigenvalue weighted by atomic mass is 32.2. The van der Waals surface area contributed by atoms with E-state index in [0.717, 1.165) is 38.8 Å². The highest BCUT2D eigenvalue weighted by Crippen LogP contribution is 2.40. The van der Waals surface area contributed by atoms with Crippen LogP contribution in [0.1, 0.15) is 32.1 Å². The van der Waals surface area contributed by atoms with Crippen LogP contribution in [0.2, 0.25) is 0 Å². The Morgan fingerprint density at radius 3 is 2.56 bits per heavy atom. The Bertz CT molecular complexity index is 370. The molecule has 1 saturated heterocycles. The van der Waals surface area contributed by atoms with Gasteiger partial charge in [0.05, 0.1) is 11.5 Å². The van der Waals surface area contributed by atoms with Crippen LogP contribution in [-0.2, 0) is 9.84 Å². The molecule has 1 saturated carbocycles. The van der Waals surface area contributed by atoms with E-state index in [-0.39, 0.29) is 12.0 Å². The van der Waals surface area contributed by atoms with Crippen LogP contribution in [0, 0.1) is 11.3 Å². The number of sulfone groups is 1. The van der Waals surface area contributed by atoms with E-state index in [1.54, 1.807) is 0 Å². The molecule has 1 heterocycles. The first-order valence-electron chi connectivity index (χ1n) is 6.95. The van der Waals surface area contributed by atoms with Gasteiger partial charge in [0, 0.05) is 18.6 Å². The van der Waals surface area contributed by atoms with E-state index in [4.69, 9.17) is 0 Å². The highest BCUT2D eigenvalue weighted by Gasteiger charge is 2.37. The van der Waals surface area contributed by atoms with Crippen LogP contribution < -0.4 is 0 Å². The topological polar surface area (TPSA) is 57.6 Å². The van der Waals surface area contributed by atoms with Crippen LogP contribution in [0.4, 0.5) is 0 Å². The zero-order chi connectivity index (χ0) is 13.2. The molecule has 0 bridgehead atoms. The lowest BCUT2D eigenvalue weighted by Gasteiger charge is -2.43. The van der Waals surface area contributed by atoms with Crippen molar-refractivity contribution in [1.29, 1.82) is 0 Å². The molecule has 18 heavy (non-hydrogen) atoms. The minimum absolute atomic E-state index is 0.135. The van der Waals surface area contributed by atoms with E-state index in [1.807, 2.05) is 0 Å². The summed E-state index contributed by atoms with van der Waals surface area (Å²) in [5, 5.41) is 9.43. The molecule has 0 spiro atoms. The molecule has 1 aliphatic heterocycles. The van der Waals surface area contributed by atoms with Crippen molar-refractivity contribution in [1.82, 2.24) is 4.90 Å². The van der Waals surface area contributed by atoms with Gasteiger partial charge in [-0.3, -0.25) is 0 Å². The lowest BCUT2D eigenvalue weighted by molar-refractivity contribution is 0.0137. The Labute approximate surface area is 110 Å². The average Bonchev–Trinajstić information content (AvgIpc) is 2.61. The Balaban J connectivity index is 1.70. The second kappa shape index (κ2) is 5.47. The van der Waals surface area contributed by atoms with Gasteiger partial charge in [-0.2, -0.15) is 0 Å². The lowest BCUT2D eigenvalue weighted by Crippen LogP contribution is -2.44. The monoisotopic (exact) mass is 275 g/mol. The first-order chi connectivity index (χ1) is 8.45. The molecule has 0 radical (unpaired) electrons. The fourth-order valence-electron chi connectivity index (χ4n) is 3.20. The average molecular weight is 275 g/mol. The number of rotatable bonds is 6. The van der Waals surface area contributed by atoms with Gasteiger partial charge in [-0.1, -0.05) is 6.42 Å². The quantitative estimate of drug-likeness (QED) is 0.782. The molecule has 1 aliphatic carbocycles. The van der Waals surface area contributed by atoms with Gasteiger partial charge in [-0.25, -0.2) is 8.42 Å². The molecule has 0 amide bonds. The van der Waals surface area contributed by atoms with Crippen LogP contribution >= 0.6 is 0 Å². The molecular weight excluding hydrogens is 250 g/mol. The molecule has 5 heteroatoms. The van der Waals surface area contributed by atoms with Crippen molar-refractivity contribution in [2.24, 2.45) is 11.3 Å². The van der Waals surface area contributed by atoms with Crippen molar-refractivity contribution >= 4 is 9.84 Å². The van der Waals surface area contributed by atoms with Gasteiger partial charge in [-0.15, -0.1) is 0 Å². The Morgan fingerprint density at radius 1 is 1.39 bits per heavy atom. The molecule has 1 unspecified atom stereocenters. The predicted molar refractivity (Wildman–Crippen MR) is 72.2 cm³/mol. The van der Waals surface area contributed by atoms with E-state index >= 15 is 0 Å². The maximum atomic E-state index is 11.4. The fourth-order valence-corrected chi connectivity index (χ4v) is 5.11. The molecule has 2 fully saturated rings. The first kappa shape index (κ1) is 14.3. The SMILES string of the molecule is CN(CCC1CCS(=O)(=O)C1)CC1(CO)CCC1. The number of aliphatic hydroxyl groups excluding tert-OH is 1. The molecule has 2 rings (SSSR count). The molecular formula is C13H25NO3S. The van der Waals surface area contributed by atoms with E-state index in [0.29, 0.717) is 17.4 Å². The standard InChI is InChI=1S/C13H25NO3S/c1-14(10-13(11-15)5-2-6-13)7-3-12-4-8-18(16,17)9-12/h12,15H,2-11H2,1H3. The van der Waals surface area contributed by atoms with Crippen molar-refractivity contribution < 1.29 is 13.5 Å². The second-order valence-corrected chi connectivity index (χ2v) is 8.54. The molecule has 1 atom stereocenters. The predicted octanol–water partition coefficient (Wildman–Crippen LogP) is 0.906. The summed E-state index contributed by atoms with van der Waals surface area (Å²) in [6.45, 7) is 2.18. The van der Waals surface area contributed by atoms with Crippen LogP contribution in [-0.4, -0.2) is 56.7 Å². The van der Waals surface area contributed by atoms with E-state index in [1.165, 1.54) is 6.42 Å². The zero-order valence-electron chi connectivity index (χ0n) is 11.3. The fraction of sp³-hybridized carbons (Fsp3) is 1.00. The highest BCUT2D eigenvalue weighted by molar-refractivity contribution is 7.91. The van der Waals surface area contributed by atoms with Crippen molar-refractivity contribution in [3.63, 3.8) is 0 Å². The Hall–Kier alpha value is -0.130. The molecule has 2 aliphatic rings. The summed E-state index contributed by atoms with van der Waals surface area (Å²) in [6, 6.07) is 0. The van der Waals surface area contributed by atoms with Gasteiger partial charge in [0.2, 0.25) is 0 Å². The Morgan fingerprint density at radius 2 is 2.11 bits per heavy atom. The second-order valence-electron chi connectivity index (χ2n) is 6.31. The summed E-state index contributed by atoms with van der Waals surface area (Å²) in [5.74, 6) is 1.11. The normalized spacial score (nSPS) is 29.4. The minimum Gasteiger partial charge on any atom is -0.396 e. The van der Waals surface area contributed by atoms with Gasteiger partial charge in [-0.05, 0) is 45.2 Å². The van der Waals surface area contributed by atoms with Gasteiger partial charge in [0.15, 0.2) is 9.84 Å². The zero-order valence-corrected chi connectivity index (χ0v) is 12.1. The summed E-state index contributed by atoms with van der Waals surface area (Å²) in [5.41, 5.74) is 0.135. The number of aliphatic hydroxyl groups is 1. The summed E-state index contributed by atoms with van der Waals surface area (Å²) in [6.07, 6.45) is 5.30. The van der Waals surface area contributed by atoms with Gasteiger partial charge in [0.1, 0.15) is 0 Å². The van der Waals surface area contributed by atoms with Gasteiger partial charge >= 0.3 is 0 Å². The van der Waals surface area contributed by atoms with Crippen LogP contribution in [0.3, 0.4) is 0 Å². The Kier molecular flexibility index (Phi) is 4.34. The van der Waals surface area contributed by atoms with Crippen LogP contribution in [0.15, 0.2) is 0 Å². The summed E-state index contributed by atoms with van der Waals surface area (Å²) >= 11 is 0. The maximum Gasteiger partial charge on any atom is 0.150 e. The smallest absolute Gasteiger partial charge is 0.150 e. The third-order valence-corrected chi connectivity index (χ3v) is 6.44. The molecule has 0 aromatic heterocycles. The van der Waals surface area contributed by atoms with Crippen LogP contribution in [0.25, 0.3) is 0 Å². The summed E-state index contributed by atoms with van der Waals surface area (Å²) in [4.78, 5) is 2.26. The molecule has 0 aromatic carbocycles. The van der Waals surface area contributed by atoms with Crippen molar-refractivity contribution in [3.8, 4) is 0 Å². The molecule has 106 valence electrons. The molecule has 1 N–H and O–H groups in total. The number of nitrogens with zero attached hydrogens (tertiary/aromatic N) is 1. The number of hydrogen-bond donors (Lipinski definition) is 1. The van der Waals surface area contributed by atoms with Crippen molar-refractivity contribution in [2.45, 2.75) is 32.1 Å². The van der Waals surface area contributed by atoms with Crippen molar-refractivity contribution in [2.75, 3.05) is 38.2 Å². The van der Waals surface area contributed by atoms with Gasteiger partial charge < -0.3 is 10.0 Å². The third kappa shape index (κ3) is 3.45. The molecule has 4 nitrogen and oxygen atoms in total. The number of hydrogen-bond acceptors (Lipinski definition) is 4. The largest absolute Gasteiger partial charge is 0.396 e. The van der Waals surface area contributed by atoms with Crippen LogP contribution in [0.5, 0.6) is 0 Å². The maximum absolute atomic E-state index is 11.4. The summed E-state index contributed by atoms with van der Waals surface area (Å²) < 4.78 is 22.7. The van der Waals surface area contributed by atoms with E-state index in [2.05, 4.69) is 11.9 Å².